The number of amides is 1. The van der Waals surface area contributed by atoms with Gasteiger partial charge in [-0.25, -0.2) is 0 Å². The molecule has 9 heteroatoms. The van der Waals surface area contributed by atoms with Gasteiger partial charge >= 0.3 is 5.97 Å². The van der Waals surface area contributed by atoms with E-state index in [0.29, 0.717) is 34.9 Å². The van der Waals surface area contributed by atoms with Crippen molar-refractivity contribution in [2.45, 2.75) is 33.7 Å². The molecule has 31 heavy (non-hydrogen) atoms. The van der Waals surface area contributed by atoms with Gasteiger partial charge in [0.2, 0.25) is 5.91 Å². The normalized spacial score (nSPS) is 10.3. The highest BCUT2D eigenvalue weighted by Gasteiger charge is 2.18. The summed E-state index contributed by atoms with van der Waals surface area (Å²) in [5.74, 6) is 0.585. The molecule has 0 radical (unpaired) electrons. The largest absolute Gasteiger partial charge is 0.493 e. The highest BCUT2D eigenvalue weighted by atomic mass is 16.6. The second-order valence-electron chi connectivity index (χ2n) is 6.65. The number of benzene rings is 2. The van der Waals surface area contributed by atoms with Crippen molar-refractivity contribution in [1.29, 1.82) is 0 Å². The summed E-state index contributed by atoms with van der Waals surface area (Å²) in [4.78, 5) is 35.9. The third-order valence-corrected chi connectivity index (χ3v) is 4.54. The van der Waals surface area contributed by atoms with Crippen LogP contribution in [0.2, 0.25) is 0 Å². The first-order valence-corrected chi connectivity index (χ1v) is 9.82. The maximum Gasteiger partial charge on any atom is 0.310 e. The number of ether oxygens (including phenoxy) is 3. The molecular formula is C22H26N2O7. The lowest BCUT2D eigenvalue weighted by Crippen LogP contribution is -2.27. The molecule has 0 aliphatic heterocycles. The molecular weight excluding hydrogens is 404 g/mol. The first kappa shape index (κ1) is 23.7. The van der Waals surface area contributed by atoms with Crippen molar-refractivity contribution in [3.8, 4) is 17.2 Å². The van der Waals surface area contributed by atoms with E-state index in [9.17, 15) is 19.7 Å². The minimum Gasteiger partial charge on any atom is -0.493 e. The summed E-state index contributed by atoms with van der Waals surface area (Å²) in [6.45, 7) is 5.86. The van der Waals surface area contributed by atoms with Crippen LogP contribution in [0.15, 0.2) is 36.4 Å². The van der Waals surface area contributed by atoms with Crippen molar-refractivity contribution in [2.24, 2.45) is 0 Å². The summed E-state index contributed by atoms with van der Waals surface area (Å²) in [7, 11) is 1.48. The molecule has 0 saturated carbocycles. The van der Waals surface area contributed by atoms with Crippen LogP contribution >= 0.6 is 0 Å². The smallest absolute Gasteiger partial charge is 0.310 e. The fraction of sp³-hybridized carbons (Fsp3) is 0.364. The Labute approximate surface area is 180 Å². The monoisotopic (exact) mass is 430 g/mol. The molecule has 0 aromatic heterocycles. The molecule has 2 rings (SSSR count). The third-order valence-electron chi connectivity index (χ3n) is 4.54. The number of nitrogens with zero attached hydrogens (tertiary/aromatic N) is 2. The number of hydrogen-bond donors (Lipinski definition) is 0. The second-order valence-corrected chi connectivity index (χ2v) is 6.65. The molecule has 0 bridgehead atoms. The predicted molar refractivity (Wildman–Crippen MR) is 113 cm³/mol. The lowest BCUT2D eigenvalue weighted by Gasteiger charge is -2.21. The van der Waals surface area contributed by atoms with E-state index in [1.807, 2.05) is 6.92 Å². The van der Waals surface area contributed by atoms with Crippen molar-refractivity contribution in [2.75, 3.05) is 20.3 Å². The van der Waals surface area contributed by atoms with Crippen LogP contribution in [0.3, 0.4) is 0 Å². The fourth-order valence-corrected chi connectivity index (χ4v) is 2.96. The van der Waals surface area contributed by atoms with Crippen LogP contribution in [0.1, 0.15) is 31.9 Å². The minimum absolute atomic E-state index is 0.0647. The van der Waals surface area contributed by atoms with E-state index in [1.165, 1.54) is 32.2 Å². The summed E-state index contributed by atoms with van der Waals surface area (Å²) in [5.41, 5.74) is 1.03. The SMILES string of the molecule is CCOC(=O)Cc1ccc(OC)c(Oc2ccc([N+](=O)[O-])cc2CN(CC)C(C)=O)c1. The van der Waals surface area contributed by atoms with Gasteiger partial charge < -0.3 is 19.1 Å². The summed E-state index contributed by atoms with van der Waals surface area (Å²) < 4.78 is 16.4. The van der Waals surface area contributed by atoms with Crippen LogP contribution in [0, 0.1) is 10.1 Å². The molecule has 0 N–H and O–H groups in total. The van der Waals surface area contributed by atoms with E-state index < -0.39 is 4.92 Å². The van der Waals surface area contributed by atoms with Crippen molar-refractivity contribution in [1.82, 2.24) is 4.90 Å². The summed E-state index contributed by atoms with van der Waals surface area (Å²) in [6, 6.07) is 9.26. The Morgan fingerprint density at radius 2 is 1.77 bits per heavy atom. The van der Waals surface area contributed by atoms with Gasteiger partial charge in [0.15, 0.2) is 11.5 Å². The van der Waals surface area contributed by atoms with Crippen LogP contribution in [0.5, 0.6) is 17.2 Å². The lowest BCUT2D eigenvalue weighted by molar-refractivity contribution is -0.385. The van der Waals surface area contributed by atoms with Crippen LogP contribution in [-0.4, -0.2) is 42.0 Å². The molecule has 2 aromatic rings. The van der Waals surface area contributed by atoms with E-state index in [1.54, 1.807) is 30.0 Å². The van der Waals surface area contributed by atoms with E-state index in [-0.39, 0.29) is 37.1 Å². The fourth-order valence-electron chi connectivity index (χ4n) is 2.96. The maximum atomic E-state index is 11.9. The van der Waals surface area contributed by atoms with E-state index >= 15 is 0 Å². The lowest BCUT2D eigenvalue weighted by atomic mass is 10.1. The van der Waals surface area contributed by atoms with Crippen molar-refractivity contribution >= 4 is 17.6 Å². The van der Waals surface area contributed by atoms with Crippen molar-refractivity contribution < 1.29 is 28.7 Å². The molecule has 0 unspecified atom stereocenters. The first-order valence-electron chi connectivity index (χ1n) is 9.82. The molecule has 0 atom stereocenters. The molecule has 0 aliphatic carbocycles. The Balaban J connectivity index is 2.42. The van der Waals surface area contributed by atoms with Gasteiger partial charge in [0, 0.05) is 37.7 Å². The summed E-state index contributed by atoms with van der Waals surface area (Å²) in [5, 5.41) is 11.2. The molecule has 0 spiro atoms. The number of nitro groups is 1. The Morgan fingerprint density at radius 1 is 1.06 bits per heavy atom. The van der Waals surface area contributed by atoms with Crippen LogP contribution in [0.25, 0.3) is 0 Å². The van der Waals surface area contributed by atoms with Crippen LogP contribution in [0.4, 0.5) is 5.69 Å². The zero-order valence-electron chi connectivity index (χ0n) is 18.0. The van der Waals surface area contributed by atoms with E-state index in [2.05, 4.69) is 0 Å². The molecule has 9 nitrogen and oxygen atoms in total. The zero-order valence-corrected chi connectivity index (χ0v) is 18.0. The highest BCUT2D eigenvalue weighted by molar-refractivity contribution is 5.73. The molecule has 0 fully saturated rings. The highest BCUT2D eigenvalue weighted by Crippen LogP contribution is 2.36. The third kappa shape index (κ3) is 6.43. The predicted octanol–water partition coefficient (Wildman–Crippen LogP) is 3.87. The minimum atomic E-state index is -0.502. The number of esters is 1. The number of carbonyl (C=O) groups is 2. The number of rotatable bonds is 10. The van der Waals surface area contributed by atoms with Crippen molar-refractivity contribution in [3.63, 3.8) is 0 Å². The molecule has 0 aliphatic rings. The second kappa shape index (κ2) is 11.0. The quantitative estimate of drug-likeness (QED) is 0.320. The Hall–Kier alpha value is -3.62. The van der Waals surface area contributed by atoms with Gasteiger partial charge in [-0.3, -0.25) is 19.7 Å². The van der Waals surface area contributed by atoms with Gasteiger partial charge in [0.1, 0.15) is 5.75 Å². The molecule has 0 saturated heterocycles. The Kier molecular flexibility index (Phi) is 8.36. The molecule has 0 heterocycles. The summed E-state index contributed by atoms with van der Waals surface area (Å²) in [6.07, 6.45) is 0.0647. The van der Waals surface area contributed by atoms with E-state index in [0.717, 1.165) is 0 Å². The van der Waals surface area contributed by atoms with Gasteiger partial charge in [-0.1, -0.05) is 6.07 Å². The zero-order chi connectivity index (χ0) is 23.0. The van der Waals surface area contributed by atoms with Crippen LogP contribution < -0.4 is 9.47 Å². The van der Waals surface area contributed by atoms with Gasteiger partial charge in [0.25, 0.3) is 5.69 Å². The number of non-ortho nitro benzene ring substituents is 1. The van der Waals surface area contributed by atoms with Crippen molar-refractivity contribution in [3.05, 3.63) is 57.6 Å². The number of carbonyl (C=O) groups excluding carboxylic acids is 2. The Morgan fingerprint density at radius 3 is 2.35 bits per heavy atom. The number of hydrogen-bond acceptors (Lipinski definition) is 7. The maximum absolute atomic E-state index is 11.9. The van der Waals surface area contributed by atoms with Crippen LogP contribution in [-0.2, 0) is 27.3 Å². The van der Waals surface area contributed by atoms with Gasteiger partial charge in [-0.15, -0.1) is 0 Å². The number of methoxy groups -OCH3 is 1. The van der Waals surface area contributed by atoms with Gasteiger partial charge in [-0.2, -0.15) is 0 Å². The average molecular weight is 430 g/mol. The Bertz CT molecular complexity index is 959. The first-order chi connectivity index (χ1) is 14.8. The number of nitro benzene ring substituents is 1. The summed E-state index contributed by atoms with van der Waals surface area (Å²) >= 11 is 0. The van der Waals surface area contributed by atoms with Gasteiger partial charge in [-0.05, 0) is 37.6 Å². The average Bonchev–Trinajstić information content (AvgIpc) is 2.72. The molecule has 166 valence electrons. The molecule has 1 amide bonds. The topological polar surface area (TPSA) is 108 Å². The standard InChI is InChI=1S/C22H26N2O7/c1-5-23(15(3)25)14-17-13-18(24(27)28)8-10-19(17)31-21-11-16(7-9-20(21)29-4)12-22(26)30-6-2/h7-11,13H,5-6,12,14H2,1-4H3. The molecule has 2 aromatic carbocycles. The van der Waals surface area contributed by atoms with Gasteiger partial charge in [0.05, 0.1) is 25.1 Å². The van der Waals surface area contributed by atoms with E-state index in [4.69, 9.17) is 14.2 Å².